The zero-order valence-electron chi connectivity index (χ0n) is 11.6. The van der Waals surface area contributed by atoms with Crippen molar-refractivity contribution in [1.82, 2.24) is 10.4 Å². The molecule has 6 heteroatoms. The molecule has 0 bridgehead atoms. The first-order valence-corrected chi connectivity index (χ1v) is 7.03. The summed E-state index contributed by atoms with van der Waals surface area (Å²) in [5, 5.41) is 0.304. The third kappa shape index (κ3) is 3.69. The van der Waals surface area contributed by atoms with Crippen molar-refractivity contribution in [3.8, 4) is 5.75 Å². The lowest BCUT2D eigenvalue weighted by atomic mass is 10.00. The van der Waals surface area contributed by atoms with Crippen molar-refractivity contribution >= 4 is 11.6 Å². The maximum Gasteiger partial charge on any atom is 0.137 e. The van der Waals surface area contributed by atoms with E-state index in [1.165, 1.54) is 6.07 Å². The Bertz CT molecular complexity index is 589. The van der Waals surface area contributed by atoms with Crippen LogP contribution in [0.25, 0.3) is 0 Å². The van der Waals surface area contributed by atoms with E-state index in [0.717, 1.165) is 6.42 Å². The number of pyridine rings is 1. The van der Waals surface area contributed by atoms with Gasteiger partial charge in [0.1, 0.15) is 11.6 Å². The lowest BCUT2D eigenvalue weighted by Crippen LogP contribution is -2.30. The van der Waals surface area contributed by atoms with Gasteiger partial charge in [-0.1, -0.05) is 24.6 Å². The van der Waals surface area contributed by atoms with Gasteiger partial charge in [-0.05, 0) is 30.2 Å². The number of ether oxygens (including phenoxy) is 1. The number of hydrogen-bond acceptors (Lipinski definition) is 4. The standard InChI is InChI=1S/C15H17ClFN3O/c1-2-6-21-11-7-10(8-19-9-11)15(20-18)14-12(16)4-3-5-13(14)17/h3-5,7-9,15,20H,2,6,18H2,1H3. The van der Waals surface area contributed by atoms with E-state index < -0.39 is 11.9 Å². The summed E-state index contributed by atoms with van der Waals surface area (Å²) < 4.78 is 19.6. The minimum Gasteiger partial charge on any atom is -0.492 e. The van der Waals surface area contributed by atoms with Crippen molar-refractivity contribution in [3.63, 3.8) is 0 Å². The SMILES string of the molecule is CCCOc1cncc(C(NN)c2c(F)cccc2Cl)c1. The summed E-state index contributed by atoms with van der Waals surface area (Å²) in [7, 11) is 0. The predicted molar refractivity (Wildman–Crippen MR) is 80.6 cm³/mol. The van der Waals surface area contributed by atoms with E-state index in [4.69, 9.17) is 22.2 Å². The molecule has 2 rings (SSSR count). The van der Waals surface area contributed by atoms with Crippen LogP contribution < -0.4 is 16.0 Å². The first-order chi connectivity index (χ1) is 10.2. The molecule has 3 N–H and O–H groups in total. The molecule has 1 aromatic heterocycles. The highest BCUT2D eigenvalue weighted by molar-refractivity contribution is 6.31. The first-order valence-electron chi connectivity index (χ1n) is 6.65. The number of nitrogens with one attached hydrogen (secondary N) is 1. The highest BCUT2D eigenvalue weighted by Gasteiger charge is 2.20. The van der Waals surface area contributed by atoms with E-state index in [-0.39, 0.29) is 5.56 Å². The molecule has 0 fully saturated rings. The smallest absolute Gasteiger partial charge is 0.137 e. The van der Waals surface area contributed by atoms with Gasteiger partial charge >= 0.3 is 0 Å². The first kappa shape index (κ1) is 15.7. The zero-order valence-corrected chi connectivity index (χ0v) is 12.4. The Balaban J connectivity index is 2.37. The number of nitrogens with two attached hydrogens (primary N) is 1. The van der Waals surface area contributed by atoms with Crippen molar-refractivity contribution < 1.29 is 9.13 Å². The molecule has 2 aromatic rings. The summed E-state index contributed by atoms with van der Waals surface area (Å²) in [5.41, 5.74) is 3.55. The van der Waals surface area contributed by atoms with Crippen molar-refractivity contribution in [3.05, 3.63) is 58.6 Å². The molecular weight excluding hydrogens is 293 g/mol. The molecule has 1 atom stereocenters. The Hall–Kier alpha value is -1.69. The van der Waals surface area contributed by atoms with Crippen LogP contribution in [-0.2, 0) is 0 Å². The molecule has 1 heterocycles. The van der Waals surface area contributed by atoms with Gasteiger partial charge in [0, 0.05) is 16.8 Å². The van der Waals surface area contributed by atoms with Gasteiger partial charge in [0.05, 0.1) is 18.8 Å². The van der Waals surface area contributed by atoms with Crippen LogP contribution in [0.1, 0.15) is 30.5 Å². The fourth-order valence-electron chi connectivity index (χ4n) is 2.03. The number of aromatic nitrogens is 1. The Kier molecular flexibility index (Phi) is 5.50. The van der Waals surface area contributed by atoms with E-state index in [1.54, 1.807) is 30.6 Å². The van der Waals surface area contributed by atoms with E-state index in [0.29, 0.717) is 22.9 Å². The Morgan fingerprint density at radius 1 is 1.43 bits per heavy atom. The van der Waals surface area contributed by atoms with Crippen molar-refractivity contribution in [2.24, 2.45) is 5.84 Å². The molecule has 0 aliphatic heterocycles. The Morgan fingerprint density at radius 2 is 2.24 bits per heavy atom. The average molecular weight is 310 g/mol. The molecule has 0 amide bonds. The number of hydrazine groups is 1. The molecule has 0 saturated carbocycles. The zero-order chi connectivity index (χ0) is 15.2. The maximum absolute atomic E-state index is 14.0. The molecule has 0 spiro atoms. The maximum atomic E-state index is 14.0. The number of hydrogen-bond donors (Lipinski definition) is 2. The van der Waals surface area contributed by atoms with Crippen LogP contribution in [0.2, 0.25) is 5.02 Å². The number of benzene rings is 1. The van der Waals surface area contributed by atoms with Crippen LogP contribution >= 0.6 is 11.6 Å². The molecule has 0 aliphatic carbocycles. The molecule has 1 aromatic carbocycles. The van der Waals surface area contributed by atoms with Gasteiger partial charge in [-0.2, -0.15) is 0 Å². The Morgan fingerprint density at radius 3 is 2.90 bits per heavy atom. The summed E-state index contributed by atoms with van der Waals surface area (Å²) in [5.74, 6) is 5.77. The van der Waals surface area contributed by atoms with Crippen LogP contribution in [0.5, 0.6) is 5.75 Å². The largest absolute Gasteiger partial charge is 0.492 e. The Labute approximate surface area is 128 Å². The second-order valence-corrected chi connectivity index (χ2v) is 4.94. The quantitative estimate of drug-likeness (QED) is 0.635. The second-order valence-electron chi connectivity index (χ2n) is 4.54. The summed E-state index contributed by atoms with van der Waals surface area (Å²) in [4.78, 5) is 4.11. The van der Waals surface area contributed by atoms with Crippen LogP contribution in [0.15, 0.2) is 36.7 Å². The minimum absolute atomic E-state index is 0.288. The monoisotopic (exact) mass is 309 g/mol. The fraction of sp³-hybridized carbons (Fsp3) is 0.267. The number of halogens is 2. The third-order valence-corrected chi connectivity index (χ3v) is 3.33. The summed E-state index contributed by atoms with van der Waals surface area (Å²) in [6.45, 7) is 2.60. The van der Waals surface area contributed by atoms with Gasteiger partial charge in [-0.25, -0.2) is 9.82 Å². The van der Waals surface area contributed by atoms with Crippen LogP contribution in [0.3, 0.4) is 0 Å². The molecule has 0 aliphatic rings. The van der Waals surface area contributed by atoms with Crippen molar-refractivity contribution in [2.45, 2.75) is 19.4 Å². The van der Waals surface area contributed by atoms with E-state index in [9.17, 15) is 4.39 Å². The lowest BCUT2D eigenvalue weighted by molar-refractivity contribution is 0.315. The third-order valence-electron chi connectivity index (χ3n) is 3.00. The van der Waals surface area contributed by atoms with Crippen molar-refractivity contribution in [2.75, 3.05) is 6.61 Å². The van der Waals surface area contributed by atoms with Gasteiger partial charge in [-0.15, -0.1) is 0 Å². The van der Waals surface area contributed by atoms with Gasteiger partial charge in [0.25, 0.3) is 0 Å². The molecule has 0 saturated heterocycles. The van der Waals surface area contributed by atoms with E-state index in [1.807, 2.05) is 6.92 Å². The highest BCUT2D eigenvalue weighted by Crippen LogP contribution is 2.31. The molecule has 21 heavy (non-hydrogen) atoms. The van der Waals surface area contributed by atoms with Crippen LogP contribution in [0, 0.1) is 5.82 Å². The summed E-state index contributed by atoms with van der Waals surface area (Å²) >= 11 is 6.09. The molecular formula is C15H17ClFN3O. The van der Waals surface area contributed by atoms with Crippen LogP contribution in [-0.4, -0.2) is 11.6 Å². The molecule has 4 nitrogen and oxygen atoms in total. The molecule has 112 valence electrons. The van der Waals surface area contributed by atoms with E-state index in [2.05, 4.69) is 10.4 Å². The predicted octanol–water partition coefficient (Wildman–Crippen LogP) is 3.22. The second kappa shape index (κ2) is 7.36. The van der Waals surface area contributed by atoms with E-state index >= 15 is 0 Å². The normalized spacial score (nSPS) is 12.2. The molecule has 0 radical (unpaired) electrons. The topological polar surface area (TPSA) is 60.2 Å². The fourth-order valence-corrected chi connectivity index (χ4v) is 2.30. The van der Waals surface area contributed by atoms with Crippen LogP contribution in [0.4, 0.5) is 4.39 Å². The lowest BCUT2D eigenvalue weighted by Gasteiger charge is -2.19. The highest BCUT2D eigenvalue weighted by atomic mass is 35.5. The minimum atomic E-state index is -0.601. The average Bonchev–Trinajstić information content (AvgIpc) is 2.49. The number of rotatable bonds is 6. The van der Waals surface area contributed by atoms with Gasteiger partial charge in [-0.3, -0.25) is 10.8 Å². The van der Waals surface area contributed by atoms with Crippen molar-refractivity contribution in [1.29, 1.82) is 0 Å². The summed E-state index contributed by atoms with van der Waals surface area (Å²) in [6.07, 6.45) is 4.10. The van der Waals surface area contributed by atoms with Gasteiger partial charge in [0.15, 0.2) is 0 Å². The number of nitrogens with zero attached hydrogens (tertiary/aromatic N) is 1. The van der Waals surface area contributed by atoms with Gasteiger partial charge in [0.2, 0.25) is 0 Å². The summed E-state index contributed by atoms with van der Waals surface area (Å²) in [6, 6.07) is 5.69. The van der Waals surface area contributed by atoms with Gasteiger partial charge < -0.3 is 4.74 Å². The molecule has 1 unspecified atom stereocenters.